The van der Waals surface area contributed by atoms with Crippen molar-refractivity contribution in [1.29, 1.82) is 0 Å². The number of aliphatic hydroxyl groups excluding tert-OH is 1. The first-order valence-corrected chi connectivity index (χ1v) is 6.28. The van der Waals surface area contributed by atoms with E-state index in [0.29, 0.717) is 6.61 Å². The van der Waals surface area contributed by atoms with E-state index in [1.165, 1.54) is 0 Å². The third kappa shape index (κ3) is 3.09. The topological polar surface area (TPSA) is 58.6 Å². The van der Waals surface area contributed by atoms with Gasteiger partial charge < -0.3 is 15.2 Å². The summed E-state index contributed by atoms with van der Waals surface area (Å²) in [5.41, 5.74) is 0.917. The van der Waals surface area contributed by atoms with Crippen LogP contribution in [0.1, 0.15) is 24.9 Å². The van der Waals surface area contributed by atoms with Crippen molar-refractivity contribution >= 4 is 5.91 Å². The monoisotopic (exact) mass is 249 g/mol. The number of amides is 1. The van der Waals surface area contributed by atoms with Gasteiger partial charge in [0.2, 0.25) is 5.91 Å². The van der Waals surface area contributed by atoms with Gasteiger partial charge in [0.05, 0.1) is 31.3 Å². The number of hydrogen-bond acceptors (Lipinski definition) is 3. The van der Waals surface area contributed by atoms with Crippen LogP contribution in [-0.4, -0.2) is 30.3 Å². The molecule has 1 aliphatic heterocycles. The van der Waals surface area contributed by atoms with Gasteiger partial charge in [-0.25, -0.2) is 0 Å². The van der Waals surface area contributed by atoms with E-state index < -0.39 is 0 Å². The van der Waals surface area contributed by atoms with Gasteiger partial charge in [0.15, 0.2) is 0 Å². The summed E-state index contributed by atoms with van der Waals surface area (Å²) in [5.74, 6) is -0.139. The van der Waals surface area contributed by atoms with E-state index in [0.717, 1.165) is 12.0 Å². The minimum atomic E-state index is -0.338. The number of aliphatic hydroxyl groups is 1. The van der Waals surface area contributed by atoms with E-state index in [4.69, 9.17) is 4.74 Å². The van der Waals surface area contributed by atoms with Crippen molar-refractivity contribution < 1.29 is 14.6 Å². The van der Waals surface area contributed by atoms with Gasteiger partial charge in [0.1, 0.15) is 0 Å². The Hall–Kier alpha value is -1.39. The van der Waals surface area contributed by atoms with Crippen molar-refractivity contribution in [2.45, 2.75) is 25.5 Å². The van der Waals surface area contributed by atoms with Crippen LogP contribution < -0.4 is 5.32 Å². The van der Waals surface area contributed by atoms with Crippen molar-refractivity contribution in [2.24, 2.45) is 5.92 Å². The van der Waals surface area contributed by atoms with E-state index in [9.17, 15) is 9.90 Å². The van der Waals surface area contributed by atoms with Gasteiger partial charge in [-0.05, 0) is 18.9 Å². The summed E-state index contributed by atoms with van der Waals surface area (Å²) < 4.78 is 5.38. The zero-order valence-corrected chi connectivity index (χ0v) is 10.5. The second-order valence-corrected chi connectivity index (χ2v) is 4.73. The summed E-state index contributed by atoms with van der Waals surface area (Å²) >= 11 is 0. The molecule has 1 amide bonds. The highest BCUT2D eigenvalue weighted by molar-refractivity contribution is 5.79. The maximum Gasteiger partial charge on any atom is 0.226 e. The van der Waals surface area contributed by atoms with E-state index in [2.05, 4.69) is 5.32 Å². The molecular formula is C14H19NO3. The van der Waals surface area contributed by atoms with Crippen LogP contribution in [0.2, 0.25) is 0 Å². The Morgan fingerprint density at radius 2 is 2.22 bits per heavy atom. The average Bonchev–Trinajstić information content (AvgIpc) is 2.83. The van der Waals surface area contributed by atoms with Crippen LogP contribution in [0.5, 0.6) is 0 Å². The number of benzene rings is 1. The molecule has 0 spiro atoms. The first-order valence-electron chi connectivity index (χ1n) is 6.28. The van der Waals surface area contributed by atoms with Gasteiger partial charge in [-0.3, -0.25) is 4.79 Å². The molecule has 0 radical (unpaired) electrons. The fourth-order valence-electron chi connectivity index (χ4n) is 2.21. The van der Waals surface area contributed by atoms with E-state index in [-0.39, 0.29) is 30.6 Å². The zero-order valence-electron chi connectivity index (χ0n) is 10.5. The lowest BCUT2D eigenvalue weighted by Gasteiger charge is -2.18. The molecular weight excluding hydrogens is 230 g/mol. The first-order chi connectivity index (χ1) is 8.70. The molecule has 2 N–H and O–H groups in total. The van der Waals surface area contributed by atoms with Crippen LogP contribution in [0.3, 0.4) is 0 Å². The second kappa shape index (κ2) is 5.98. The highest BCUT2D eigenvalue weighted by Gasteiger charge is 2.29. The molecule has 0 aromatic heterocycles. The minimum Gasteiger partial charge on any atom is -0.394 e. The molecule has 2 unspecified atom stereocenters. The number of carbonyl (C=O) groups is 1. The summed E-state index contributed by atoms with van der Waals surface area (Å²) in [6.45, 7) is 2.34. The van der Waals surface area contributed by atoms with Crippen molar-refractivity contribution in [2.75, 3.05) is 13.2 Å². The van der Waals surface area contributed by atoms with Crippen molar-refractivity contribution in [3.8, 4) is 0 Å². The molecule has 4 nitrogen and oxygen atoms in total. The third-order valence-electron chi connectivity index (χ3n) is 3.27. The summed E-state index contributed by atoms with van der Waals surface area (Å²) in [4.78, 5) is 12.0. The Morgan fingerprint density at radius 1 is 1.50 bits per heavy atom. The lowest BCUT2D eigenvalue weighted by Crippen LogP contribution is -2.35. The van der Waals surface area contributed by atoms with Gasteiger partial charge >= 0.3 is 0 Å². The van der Waals surface area contributed by atoms with Crippen LogP contribution in [0.25, 0.3) is 0 Å². The van der Waals surface area contributed by atoms with Gasteiger partial charge in [0.25, 0.3) is 0 Å². The molecule has 3 atom stereocenters. The highest BCUT2D eigenvalue weighted by atomic mass is 16.5. The third-order valence-corrected chi connectivity index (χ3v) is 3.27. The lowest BCUT2D eigenvalue weighted by molar-refractivity contribution is -0.126. The van der Waals surface area contributed by atoms with Crippen molar-refractivity contribution in [1.82, 2.24) is 5.32 Å². The Bertz CT molecular complexity index is 393. The Kier molecular flexibility index (Phi) is 4.33. The zero-order chi connectivity index (χ0) is 13.0. The van der Waals surface area contributed by atoms with Gasteiger partial charge in [-0.1, -0.05) is 30.3 Å². The number of rotatable bonds is 4. The molecule has 0 aliphatic carbocycles. The molecule has 98 valence electrons. The Labute approximate surface area is 107 Å². The van der Waals surface area contributed by atoms with E-state index >= 15 is 0 Å². The maximum atomic E-state index is 12.0. The summed E-state index contributed by atoms with van der Waals surface area (Å²) in [5, 5.41) is 12.3. The van der Waals surface area contributed by atoms with Gasteiger partial charge in [-0.15, -0.1) is 0 Å². The summed E-state index contributed by atoms with van der Waals surface area (Å²) in [6, 6.07) is 9.15. The number of ether oxygens (including phenoxy) is 1. The maximum absolute atomic E-state index is 12.0. The van der Waals surface area contributed by atoms with E-state index in [1.807, 2.05) is 37.3 Å². The molecule has 1 fully saturated rings. The van der Waals surface area contributed by atoms with Crippen LogP contribution >= 0.6 is 0 Å². The molecule has 1 aromatic carbocycles. The summed E-state index contributed by atoms with van der Waals surface area (Å²) in [6.07, 6.45) is 0.892. The van der Waals surface area contributed by atoms with Gasteiger partial charge in [-0.2, -0.15) is 0 Å². The quantitative estimate of drug-likeness (QED) is 0.844. The normalized spacial score (nSPS) is 24.8. The fourth-order valence-corrected chi connectivity index (χ4v) is 2.21. The molecule has 18 heavy (non-hydrogen) atoms. The molecule has 1 aromatic rings. The van der Waals surface area contributed by atoms with Gasteiger partial charge in [0, 0.05) is 0 Å². The SMILES string of the molecule is CC1CC(C(=O)N[C@H](CO)c2ccccc2)CO1. The van der Waals surface area contributed by atoms with Crippen LogP contribution in [0, 0.1) is 5.92 Å². The average molecular weight is 249 g/mol. The molecule has 0 saturated carbocycles. The second-order valence-electron chi connectivity index (χ2n) is 4.73. The largest absolute Gasteiger partial charge is 0.394 e. The first kappa shape index (κ1) is 13.1. The van der Waals surface area contributed by atoms with Crippen molar-refractivity contribution in [3.63, 3.8) is 0 Å². The van der Waals surface area contributed by atoms with Crippen molar-refractivity contribution in [3.05, 3.63) is 35.9 Å². The molecule has 2 rings (SSSR count). The predicted octanol–water partition coefficient (Wildman–Crippen LogP) is 1.26. The molecule has 4 heteroatoms. The Balaban J connectivity index is 1.96. The standard InChI is InChI=1S/C14H19NO3/c1-10-7-12(9-18-10)14(17)15-13(8-16)11-5-3-2-4-6-11/h2-6,10,12-13,16H,7-9H2,1H3,(H,15,17)/t10?,12?,13-/m1/s1. The molecule has 1 aliphatic rings. The summed E-state index contributed by atoms with van der Waals surface area (Å²) in [7, 11) is 0. The smallest absolute Gasteiger partial charge is 0.226 e. The Morgan fingerprint density at radius 3 is 2.78 bits per heavy atom. The fraction of sp³-hybridized carbons (Fsp3) is 0.500. The molecule has 1 saturated heterocycles. The minimum absolute atomic E-state index is 0.0396. The van der Waals surface area contributed by atoms with Crippen LogP contribution in [0.4, 0.5) is 0 Å². The van der Waals surface area contributed by atoms with E-state index in [1.54, 1.807) is 0 Å². The number of hydrogen-bond donors (Lipinski definition) is 2. The predicted molar refractivity (Wildman–Crippen MR) is 67.9 cm³/mol. The number of nitrogens with one attached hydrogen (secondary N) is 1. The molecule has 0 bridgehead atoms. The van der Waals surface area contributed by atoms with Crippen LogP contribution in [-0.2, 0) is 9.53 Å². The molecule has 1 heterocycles. The number of carbonyl (C=O) groups excluding carboxylic acids is 1. The van der Waals surface area contributed by atoms with Crippen LogP contribution in [0.15, 0.2) is 30.3 Å². The lowest BCUT2D eigenvalue weighted by atomic mass is 10.0. The highest BCUT2D eigenvalue weighted by Crippen LogP contribution is 2.20.